The lowest BCUT2D eigenvalue weighted by molar-refractivity contribution is -0.384. The number of hydrogen-bond donors (Lipinski definition) is 0. The van der Waals surface area contributed by atoms with Crippen molar-refractivity contribution in [2.24, 2.45) is 0 Å². The number of nitro groups is 1. The lowest BCUT2D eigenvalue weighted by Gasteiger charge is -1.90. The van der Waals surface area contributed by atoms with Crippen LogP contribution in [0.25, 0.3) is 10.9 Å². The van der Waals surface area contributed by atoms with Gasteiger partial charge in [0.15, 0.2) is 0 Å². The van der Waals surface area contributed by atoms with Crippen molar-refractivity contribution in [2.75, 3.05) is 0 Å². The minimum absolute atomic E-state index is 0.0690. The van der Waals surface area contributed by atoms with Gasteiger partial charge in [-0.15, -0.1) is 5.10 Å². The highest BCUT2D eigenvalue weighted by Crippen LogP contribution is 2.20. The molecule has 0 saturated carbocycles. The SMILES string of the molecule is O=[N+]([O-])c1ccc2c(cnn2F)c1. The molecule has 1 heterocycles. The van der Waals surface area contributed by atoms with Crippen LogP contribution in [0.5, 0.6) is 0 Å². The van der Waals surface area contributed by atoms with Crippen molar-refractivity contribution in [1.82, 2.24) is 10.0 Å². The molecule has 5 nitrogen and oxygen atoms in total. The molecule has 0 atom stereocenters. The van der Waals surface area contributed by atoms with Gasteiger partial charge in [-0.3, -0.25) is 10.1 Å². The fourth-order valence-corrected chi connectivity index (χ4v) is 1.10. The second-order valence-corrected chi connectivity index (χ2v) is 2.50. The van der Waals surface area contributed by atoms with E-state index >= 15 is 0 Å². The Morgan fingerprint density at radius 1 is 1.54 bits per heavy atom. The number of benzene rings is 1. The molecule has 0 bridgehead atoms. The molecule has 0 aliphatic heterocycles. The van der Waals surface area contributed by atoms with Gasteiger partial charge in [0.1, 0.15) is 5.52 Å². The zero-order valence-corrected chi connectivity index (χ0v) is 6.35. The molecule has 66 valence electrons. The topological polar surface area (TPSA) is 61.0 Å². The average molecular weight is 181 g/mol. The summed E-state index contributed by atoms with van der Waals surface area (Å²) in [7, 11) is 0. The number of hydrogen-bond acceptors (Lipinski definition) is 3. The third kappa shape index (κ3) is 1.12. The highest BCUT2D eigenvalue weighted by molar-refractivity contribution is 5.80. The van der Waals surface area contributed by atoms with Gasteiger partial charge in [0.05, 0.1) is 11.1 Å². The minimum Gasteiger partial charge on any atom is -0.258 e. The molecule has 13 heavy (non-hydrogen) atoms. The van der Waals surface area contributed by atoms with Gasteiger partial charge in [-0.25, -0.2) is 0 Å². The van der Waals surface area contributed by atoms with E-state index in [2.05, 4.69) is 5.10 Å². The summed E-state index contributed by atoms with van der Waals surface area (Å²) < 4.78 is 12.7. The maximum absolute atomic E-state index is 12.7. The van der Waals surface area contributed by atoms with Crippen molar-refractivity contribution in [3.63, 3.8) is 0 Å². The summed E-state index contributed by atoms with van der Waals surface area (Å²) in [5, 5.41) is 14.1. The van der Waals surface area contributed by atoms with E-state index in [0.717, 1.165) is 0 Å². The number of nitro benzene ring substituents is 1. The zero-order chi connectivity index (χ0) is 9.42. The Hall–Kier alpha value is -1.98. The van der Waals surface area contributed by atoms with Crippen LogP contribution >= 0.6 is 0 Å². The fraction of sp³-hybridized carbons (Fsp3) is 0. The smallest absolute Gasteiger partial charge is 0.258 e. The van der Waals surface area contributed by atoms with Gasteiger partial charge in [-0.2, -0.15) is 0 Å². The van der Waals surface area contributed by atoms with Gasteiger partial charge in [0, 0.05) is 17.5 Å². The molecule has 0 radical (unpaired) electrons. The first-order valence-electron chi connectivity index (χ1n) is 3.47. The monoisotopic (exact) mass is 181 g/mol. The normalized spacial score (nSPS) is 10.5. The predicted molar refractivity (Wildman–Crippen MR) is 42.9 cm³/mol. The van der Waals surface area contributed by atoms with Gasteiger partial charge in [-0.1, -0.05) is 9.39 Å². The molecule has 0 spiro atoms. The summed E-state index contributed by atoms with van der Waals surface area (Å²) in [5.74, 6) is 0. The van der Waals surface area contributed by atoms with Crippen molar-refractivity contribution in [2.45, 2.75) is 0 Å². The van der Waals surface area contributed by atoms with E-state index in [1.54, 1.807) is 0 Å². The Morgan fingerprint density at radius 2 is 2.31 bits per heavy atom. The number of halogens is 1. The standard InChI is InChI=1S/C7H4FN3O2/c8-10-7-2-1-6(11(12)13)3-5(7)4-9-10/h1-4H. The molecular formula is C7H4FN3O2. The number of nitrogens with zero attached hydrogens (tertiary/aromatic N) is 3. The fourth-order valence-electron chi connectivity index (χ4n) is 1.10. The molecule has 0 N–H and O–H groups in total. The average Bonchev–Trinajstić information content (AvgIpc) is 2.47. The highest BCUT2D eigenvalue weighted by atomic mass is 19.2. The quantitative estimate of drug-likeness (QED) is 0.496. The summed E-state index contributed by atoms with van der Waals surface area (Å²) in [6.45, 7) is 0. The molecule has 0 saturated heterocycles. The summed E-state index contributed by atoms with van der Waals surface area (Å²) in [4.78, 5) is 9.98. The van der Waals surface area contributed by atoms with Crippen LogP contribution in [-0.2, 0) is 0 Å². The molecule has 1 aromatic carbocycles. The number of rotatable bonds is 1. The molecule has 6 heteroatoms. The summed E-state index contributed by atoms with van der Waals surface area (Å²) in [5.41, 5.74) is 0.158. The first-order valence-corrected chi connectivity index (χ1v) is 3.47. The summed E-state index contributed by atoms with van der Waals surface area (Å²) in [6.07, 6.45) is 1.24. The van der Waals surface area contributed by atoms with E-state index in [-0.39, 0.29) is 16.1 Å². The highest BCUT2D eigenvalue weighted by Gasteiger charge is 2.08. The van der Waals surface area contributed by atoms with Crippen LogP contribution in [0, 0.1) is 10.1 Å². The van der Waals surface area contributed by atoms with Crippen LogP contribution in [0.3, 0.4) is 0 Å². The number of aromatic nitrogens is 2. The predicted octanol–water partition coefficient (Wildman–Crippen LogP) is 1.68. The van der Waals surface area contributed by atoms with Crippen molar-refractivity contribution in [3.8, 4) is 0 Å². The maximum atomic E-state index is 12.7. The van der Waals surface area contributed by atoms with Crippen LogP contribution in [0.15, 0.2) is 24.4 Å². The molecule has 2 aromatic rings. The lowest BCUT2D eigenvalue weighted by atomic mass is 10.2. The minimum atomic E-state index is -0.533. The van der Waals surface area contributed by atoms with Crippen molar-refractivity contribution in [3.05, 3.63) is 34.5 Å². The van der Waals surface area contributed by atoms with Crippen molar-refractivity contribution < 1.29 is 9.40 Å². The first kappa shape index (κ1) is 7.66. The molecule has 2 rings (SSSR count). The maximum Gasteiger partial charge on any atom is 0.270 e. The van der Waals surface area contributed by atoms with E-state index in [9.17, 15) is 14.6 Å². The number of non-ortho nitro benzene ring substituents is 1. The number of fused-ring (bicyclic) bond motifs is 1. The lowest BCUT2D eigenvalue weighted by Crippen LogP contribution is -1.87. The molecule has 1 aromatic heterocycles. The van der Waals surface area contributed by atoms with E-state index in [1.807, 2.05) is 0 Å². The van der Waals surface area contributed by atoms with Crippen LogP contribution < -0.4 is 0 Å². The third-order valence-electron chi connectivity index (χ3n) is 1.72. The third-order valence-corrected chi connectivity index (χ3v) is 1.72. The van der Waals surface area contributed by atoms with Crippen LogP contribution in [0.1, 0.15) is 0 Å². The van der Waals surface area contributed by atoms with Gasteiger partial charge in [0.25, 0.3) is 5.69 Å². The van der Waals surface area contributed by atoms with Crippen molar-refractivity contribution >= 4 is 16.6 Å². The molecule has 0 amide bonds. The molecule has 0 aliphatic rings. The Morgan fingerprint density at radius 3 is 3.00 bits per heavy atom. The Bertz CT molecular complexity index is 480. The Balaban J connectivity index is 2.70. The van der Waals surface area contributed by atoms with Gasteiger partial charge >= 0.3 is 0 Å². The Kier molecular flexibility index (Phi) is 1.48. The van der Waals surface area contributed by atoms with Gasteiger partial charge < -0.3 is 0 Å². The van der Waals surface area contributed by atoms with Crippen LogP contribution in [-0.4, -0.2) is 14.9 Å². The second kappa shape index (κ2) is 2.51. The van der Waals surface area contributed by atoms with E-state index in [0.29, 0.717) is 5.39 Å². The molecule has 0 aliphatic carbocycles. The van der Waals surface area contributed by atoms with Gasteiger partial charge in [0.2, 0.25) is 0 Å². The molecular weight excluding hydrogens is 177 g/mol. The summed E-state index contributed by atoms with van der Waals surface area (Å²) in [6, 6.07) is 3.83. The van der Waals surface area contributed by atoms with Crippen LogP contribution in [0.4, 0.5) is 10.2 Å². The largest absolute Gasteiger partial charge is 0.270 e. The second-order valence-electron chi connectivity index (χ2n) is 2.50. The van der Waals surface area contributed by atoms with E-state index in [1.165, 1.54) is 24.4 Å². The van der Waals surface area contributed by atoms with E-state index < -0.39 is 4.92 Å². The van der Waals surface area contributed by atoms with Gasteiger partial charge in [-0.05, 0) is 6.07 Å². The zero-order valence-electron chi connectivity index (χ0n) is 6.35. The van der Waals surface area contributed by atoms with Crippen molar-refractivity contribution in [1.29, 1.82) is 0 Å². The van der Waals surface area contributed by atoms with Crippen LogP contribution in [0.2, 0.25) is 0 Å². The first-order chi connectivity index (χ1) is 6.18. The molecule has 0 unspecified atom stereocenters. The molecule has 0 fully saturated rings. The van der Waals surface area contributed by atoms with E-state index in [4.69, 9.17) is 0 Å². The summed E-state index contributed by atoms with van der Waals surface area (Å²) >= 11 is 0. The Labute approximate surface area is 71.5 Å².